The first kappa shape index (κ1) is 26.8. The van der Waals surface area contributed by atoms with Crippen molar-refractivity contribution in [2.24, 2.45) is 0 Å². The summed E-state index contributed by atoms with van der Waals surface area (Å²) in [6.45, 7) is 9.92. The van der Waals surface area contributed by atoms with Crippen molar-refractivity contribution in [3.05, 3.63) is 59.9 Å². The van der Waals surface area contributed by atoms with Crippen LogP contribution in [0.2, 0.25) is 0 Å². The van der Waals surface area contributed by atoms with E-state index in [1.165, 1.54) is 6.33 Å². The van der Waals surface area contributed by atoms with Gasteiger partial charge in [-0.25, -0.2) is 14.8 Å². The zero-order valence-electron chi connectivity index (χ0n) is 20.2. The lowest BCUT2D eigenvalue weighted by Gasteiger charge is -2.31. The fraction of sp³-hybridized carbons (Fsp3) is 0.400. The molecule has 2 unspecified atom stereocenters. The van der Waals surface area contributed by atoms with Gasteiger partial charge in [0.25, 0.3) is 0 Å². The van der Waals surface area contributed by atoms with Gasteiger partial charge in [0, 0.05) is 23.3 Å². The van der Waals surface area contributed by atoms with Crippen LogP contribution in [0, 0.1) is 0 Å². The van der Waals surface area contributed by atoms with Crippen LogP contribution in [0.3, 0.4) is 0 Å². The molecule has 8 nitrogen and oxygen atoms in total. The van der Waals surface area contributed by atoms with Crippen molar-refractivity contribution >= 4 is 46.6 Å². The zero-order valence-corrected chi connectivity index (χ0v) is 21.7. The third kappa shape index (κ3) is 8.13. The zero-order chi connectivity index (χ0) is 25.3. The monoisotopic (exact) mass is 518 g/mol. The summed E-state index contributed by atoms with van der Waals surface area (Å²) >= 11 is 12.7. The number of carbonyl (C=O) groups excluding carboxylic acids is 1. The number of benzene rings is 1. The van der Waals surface area contributed by atoms with Crippen LogP contribution in [0.1, 0.15) is 27.2 Å². The highest BCUT2D eigenvalue weighted by Gasteiger charge is 2.35. The lowest BCUT2D eigenvalue weighted by Crippen LogP contribution is -2.49. The van der Waals surface area contributed by atoms with Crippen LogP contribution in [0.4, 0.5) is 22.1 Å². The Labute approximate surface area is 216 Å². The number of carbonyl (C=O) groups is 1. The van der Waals surface area contributed by atoms with Gasteiger partial charge in [-0.15, -0.1) is 11.6 Å². The molecular formula is C25H32Cl2N6O2. The molecule has 2 amide bonds. The molecule has 35 heavy (non-hydrogen) atoms. The number of nitrogens with one attached hydrogen (secondary N) is 3. The van der Waals surface area contributed by atoms with Crippen molar-refractivity contribution in [1.82, 2.24) is 20.2 Å². The molecule has 0 bridgehead atoms. The fourth-order valence-corrected chi connectivity index (χ4v) is 4.23. The maximum Gasteiger partial charge on any atom is 0.320 e. The normalized spacial score (nSPS) is 19.3. The van der Waals surface area contributed by atoms with E-state index in [9.17, 15) is 4.79 Å². The minimum atomic E-state index is -0.831. The smallest absolute Gasteiger partial charge is 0.320 e. The summed E-state index contributed by atoms with van der Waals surface area (Å²) in [5, 5.41) is 9.12. The number of hydrogen-bond acceptors (Lipinski definition) is 6. The highest BCUT2D eigenvalue weighted by molar-refractivity contribution is 6.33. The first-order valence-electron chi connectivity index (χ1n) is 11.7. The predicted octanol–water partition coefficient (Wildman–Crippen LogP) is 5.51. The summed E-state index contributed by atoms with van der Waals surface area (Å²) in [5.41, 5.74) is 0.832. The van der Waals surface area contributed by atoms with Gasteiger partial charge in [-0.1, -0.05) is 37.6 Å². The van der Waals surface area contributed by atoms with Crippen molar-refractivity contribution < 1.29 is 9.53 Å². The number of aromatic nitrogens is 2. The van der Waals surface area contributed by atoms with Crippen molar-refractivity contribution in [2.75, 3.05) is 36.9 Å². The van der Waals surface area contributed by atoms with E-state index in [0.29, 0.717) is 23.3 Å². The second-order valence-corrected chi connectivity index (χ2v) is 9.51. The van der Waals surface area contributed by atoms with Gasteiger partial charge in [0.1, 0.15) is 23.7 Å². The van der Waals surface area contributed by atoms with Crippen LogP contribution in [0.5, 0.6) is 5.75 Å². The molecule has 188 valence electrons. The van der Waals surface area contributed by atoms with Crippen LogP contribution in [0.25, 0.3) is 0 Å². The molecule has 0 spiro atoms. The van der Waals surface area contributed by atoms with E-state index in [4.69, 9.17) is 27.9 Å². The summed E-state index contributed by atoms with van der Waals surface area (Å²) in [6.07, 6.45) is 7.59. The molecule has 0 saturated carbocycles. The second-order valence-electron chi connectivity index (χ2n) is 8.26. The molecule has 3 rings (SSSR count). The van der Waals surface area contributed by atoms with Crippen molar-refractivity contribution in [1.29, 1.82) is 0 Å². The summed E-state index contributed by atoms with van der Waals surface area (Å²) in [4.78, 5) is 22.4. The Balaban J connectivity index is 1.50. The number of allylic oxidation sites excluding steroid dienone is 2. The molecule has 0 radical (unpaired) electrons. The van der Waals surface area contributed by atoms with Gasteiger partial charge < -0.3 is 20.3 Å². The molecule has 0 saturated heterocycles. The number of anilines is 3. The van der Waals surface area contributed by atoms with E-state index in [1.807, 2.05) is 24.3 Å². The average molecular weight is 519 g/mol. The summed E-state index contributed by atoms with van der Waals surface area (Å²) in [7, 11) is 0. The molecule has 1 aromatic heterocycles. The van der Waals surface area contributed by atoms with Gasteiger partial charge in [0.05, 0.1) is 17.5 Å². The van der Waals surface area contributed by atoms with Crippen molar-refractivity contribution in [3.8, 4) is 5.75 Å². The lowest BCUT2D eigenvalue weighted by atomic mass is 9.96. The third-order valence-corrected chi connectivity index (χ3v) is 6.30. The van der Waals surface area contributed by atoms with Crippen molar-refractivity contribution in [3.63, 3.8) is 0 Å². The standard InChI is InChI=1S/C25H32Cl2N6O2/c1-4-33(5-2)14-7-15-35-19-11-9-18(10-12-19)30-21-16-22(29-17-28-21)31-24(34)32-23-20(26)8-6-13-25(23,3)27/h6,8-13,16-17,23H,4-5,7,14-15H2,1-3H3,(H3,28,29,30,31,32,34). The number of hydrogen-bond donors (Lipinski definition) is 3. The van der Waals surface area contributed by atoms with E-state index >= 15 is 0 Å². The molecular weight excluding hydrogens is 487 g/mol. The van der Waals surface area contributed by atoms with Crippen LogP contribution in [-0.4, -0.2) is 58.1 Å². The van der Waals surface area contributed by atoms with E-state index in [0.717, 1.165) is 37.5 Å². The highest BCUT2D eigenvalue weighted by atomic mass is 35.5. The molecule has 3 N–H and O–H groups in total. The highest BCUT2D eigenvalue weighted by Crippen LogP contribution is 2.31. The molecule has 10 heteroatoms. The first-order valence-corrected chi connectivity index (χ1v) is 12.4. The SMILES string of the molecule is CCN(CC)CCCOc1ccc(Nc2cc(NC(=O)NC3C(Cl)=CC=CC3(C)Cl)ncn2)cc1. The van der Waals surface area contributed by atoms with Crippen LogP contribution >= 0.6 is 23.2 Å². The molecule has 0 aliphatic heterocycles. The Kier molecular flexibility index (Phi) is 9.77. The topological polar surface area (TPSA) is 91.4 Å². The van der Waals surface area contributed by atoms with Crippen LogP contribution in [0.15, 0.2) is 59.9 Å². The first-order chi connectivity index (χ1) is 16.8. The van der Waals surface area contributed by atoms with Gasteiger partial charge in [-0.05, 0) is 56.8 Å². The number of ether oxygens (including phenoxy) is 1. The summed E-state index contributed by atoms with van der Waals surface area (Å²) in [5.74, 6) is 1.67. The number of nitrogens with zero attached hydrogens (tertiary/aromatic N) is 3. The van der Waals surface area contributed by atoms with Crippen LogP contribution < -0.4 is 20.7 Å². The Morgan fingerprint density at radius 3 is 2.57 bits per heavy atom. The number of alkyl halides is 1. The molecule has 2 atom stereocenters. The largest absolute Gasteiger partial charge is 0.494 e. The number of urea groups is 1. The number of halogens is 2. The van der Waals surface area contributed by atoms with Gasteiger partial charge in [-0.2, -0.15) is 0 Å². The predicted molar refractivity (Wildman–Crippen MR) is 143 cm³/mol. The Bertz CT molecular complexity index is 1040. The molecule has 1 aromatic carbocycles. The maximum absolute atomic E-state index is 12.5. The molecule has 1 aliphatic carbocycles. The third-order valence-electron chi connectivity index (χ3n) is 5.61. The van der Waals surface area contributed by atoms with E-state index in [2.05, 4.69) is 44.7 Å². The van der Waals surface area contributed by atoms with E-state index < -0.39 is 16.9 Å². The average Bonchev–Trinajstić information content (AvgIpc) is 2.83. The minimum Gasteiger partial charge on any atom is -0.494 e. The van der Waals surface area contributed by atoms with Crippen LogP contribution in [-0.2, 0) is 0 Å². The summed E-state index contributed by atoms with van der Waals surface area (Å²) in [6, 6.07) is 8.24. The van der Waals surface area contributed by atoms with Crippen molar-refractivity contribution in [2.45, 2.75) is 38.1 Å². The van der Waals surface area contributed by atoms with Gasteiger partial charge in [0.15, 0.2) is 0 Å². The Morgan fingerprint density at radius 2 is 1.89 bits per heavy atom. The minimum absolute atomic E-state index is 0.330. The Hall–Kier alpha value is -2.81. The van der Waals surface area contributed by atoms with Gasteiger partial charge in [-0.3, -0.25) is 5.32 Å². The lowest BCUT2D eigenvalue weighted by molar-refractivity contribution is 0.248. The van der Waals surface area contributed by atoms with E-state index in [-0.39, 0.29) is 0 Å². The Morgan fingerprint density at radius 1 is 1.17 bits per heavy atom. The summed E-state index contributed by atoms with van der Waals surface area (Å²) < 4.78 is 5.84. The molecule has 0 fully saturated rings. The fourth-order valence-electron chi connectivity index (χ4n) is 3.58. The molecule has 2 aromatic rings. The number of amides is 2. The molecule has 1 heterocycles. The second kappa shape index (κ2) is 12.8. The quantitative estimate of drug-likeness (QED) is 0.268. The van der Waals surface area contributed by atoms with E-state index in [1.54, 1.807) is 31.2 Å². The maximum atomic E-state index is 12.5. The van der Waals surface area contributed by atoms with Gasteiger partial charge in [0.2, 0.25) is 0 Å². The molecule has 1 aliphatic rings. The van der Waals surface area contributed by atoms with Gasteiger partial charge >= 0.3 is 6.03 Å². The number of rotatable bonds is 11.